The van der Waals surface area contributed by atoms with Gasteiger partial charge >= 0.3 is 39.5 Å². The second-order valence-corrected chi connectivity index (χ2v) is 32.1. The van der Waals surface area contributed by atoms with Gasteiger partial charge < -0.3 is 33.8 Å². The van der Waals surface area contributed by atoms with Gasteiger partial charge in [-0.25, -0.2) is 9.13 Å². The minimum absolute atomic E-state index is 0.107. The third kappa shape index (κ3) is 71.1. The normalized spacial score (nSPS) is 14.2. The Kier molecular flexibility index (Phi) is 69.3. The van der Waals surface area contributed by atoms with Crippen molar-refractivity contribution in [1.29, 1.82) is 0 Å². The van der Waals surface area contributed by atoms with Crippen LogP contribution in [0, 0.1) is 11.8 Å². The lowest BCUT2D eigenvalue weighted by atomic mass is 9.99. The first kappa shape index (κ1) is 96.1. The molecule has 0 aliphatic carbocycles. The van der Waals surface area contributed by atoms with Crippen molar-refractivity contribution in [3.63, 3.8) is 0 Å². The number of carbonyl (C=O) groups is 4. The van der Waals surface area contributed by atoms with Crippen LogP contribution in [-0.2, 0) is 65.4 Å². The first-order chi connectivity index (χ1) is 47.4. The second-order valence-electron chi connectivity index (χ2n) is 29.2. The highest BCUT2D eigenvalue weighted by atomic mass is 31.2. The highest BCUT2D eigenvalue weighted by Crippen LogP contribution is 2.45. The Balaban J connectivity index is 5.25. The van der Waals surface area contributed by atoms with E-state index in [1.165, 1.54) is 231 Å². The molecule has 3 unspecified atom stereocenters. The SMILES string of the molecule is CCCCCCCCCCCCCCCCCCCCCC(=O)O[C@H](COC(=O)CCCCCCCCCCCCCC(C)C)COP(=O)(O)OC[C@@H](O)COP(=O)(O)OC[C@@H](COC(=O)CCCCCCCCCCC(C)CC)OC(=O)CCCCCCCCCCCCCCC. The summed E-state index contributed by atoms with van der Waals surface area (Å²) in [5.41, 5.74) is 0. The number of hydrogen-bond donors (Lipinski definition) is 3. The molecule has 3 N–H and O–H groups in total. The Morgan fingerprint density at radius 2 is 0.520 bits per heavy atom. The summed E-state index contributed by atoms with van der Waals surface area (Å²) in [5.74, 6) is -0.561. The van der Waals surface area contributed by atoms with Crippen LogP contribution in [0.4, 0.5) is 0 Å². The van der Waals surface area contributed by atoms with E-state index in [0.29, 0.717) is 25.7 Å². The summed E-state index contributed by atoms with van der Waals surface area (Å²) in [6, 6.07) is 0. The molecule has 0 radical (unpaired) electrons. The minimum Gasteiger partial charge on any atom is -0.462 e. The smallest absolute Gasteiger partial charge is 0.462 e. The molecule has 0 spiro atoms. The minimum atomic E-state index is -4.96. The van der Waals surface area contributed by atoms with Gasteiger partial charge in [-0.15, -0.1) is 0 Å². The van der Waals surface area contributed by atoms with Gasteiger partial charge in [-0.1, -0.05) is 363 Å². The zero-order valence-corrected chi connectivity index (χ0v) is 65.9. The predicted octanol–water partition coefficient (Wildman–Crippen LogP) is 23.5. The fourth-order valence-electron chi connectivity index (χ4n) is 12.2. The van der Waals surface area contributed by atoms with Crippen LogP contribution in [0.25, 0.3) is 0 Å². The van der Waals surface area contributed by atoms with E-state index in [-0.39, 0.29) is 25.7 Å². The molecule has 582 valence electrons. The molecule has 0 rings (SSSR count). The van der Waals surface area contributed by atoms with Crippen LogP contribution < -0.4 is 0 Å². The maximum Gasteiger partial charge on any atom is 0.472 e. The fourth-order valence-corrected chi connectivity index (χ4v) is 13.7. The van der Waals surface area contributed by atoms with Gasteiger partial charge in [0.2, 0.25) is 0 Å². The molecule has 0 aliphatic rings. The lowest BCUT2D eigenvalue weighted by Gasteiger charge is -2.21. The molecular formula is C79H154O17P2. The van der Waals surface area contributed by atoms with E-state index in [1.54, 1.807) is 0 Å². The number of unbranched alkanes of at least 4 members (excludes halogenated alkanes) is 47. The number of aliphatic hydroxyl groups is 1. The summed E-state index contributed by atoms with van der Waals surface area (Å²) in [6.45, 7) is 9.63. The molecule has 0 heterocycles. The van der Waals surface area contributed by atoms with E-state index in [0.717, 1.165) is 102 Å². The molecule has 17 nitrogen and oxygen atoms in total. The average molecular weight is 1440 g/mol. The molecule has 0 saturated heterocycles. The Bertz CT molecular complexity index is 1890. The number of esters is 4. The summed E-state index contributed by atoms with van der Waals surface area (Å²) >= 11 is 0. The van der Waals surface area contributed by atoms with E-state index >= 15 is 0 Å². The molecular weight excluding hydrogens is 1280 g/mol. The Morgan fingerprint density at radius 3 is 0.776 bits per heavy atom. The summed E-state index contributed by atoms with van der Waals surface area (Å²) < 4.78 is 68.7. The number of hydrogen-bond acceptors (Lipinski definition) is 15. The Morgan fingerprint density at radius 1 is 0.296 bits per heavy atom. The van der Waals surface area contributed by atoms with Gasteiger partial charge in [0.15, 0.2) is 12.2 Å². The van der Waals surface area contributed by atoms with Crippen LogP contribution in [0.2, 0.25) is 0 Å². The van der Waals surface area contributed by atoms with Crippen molar-refractivity contribution >= 4 is 39.5 Å². The Hall–Kier alpha value is -1.94. The van der Waals surface area contributed by atoms with Gasteiger partial charge in [-0.05, 0) is 37.5 Å². The van der Waals surface area contributed by atoms with Gasteiger partial charge in [0.05, 0.1) is 26.4 Å². The second kappa shape index (κ2) is 70.7. The zero-order chi connectivity index (χ0) is 72.1. The fraction of sp³-hybridized carbons (Fsp3) is 0.949. The first-order valence-electron chi connectivity index (χ1n) is 41.0. The highest BCUT2D eigenvalue weighted by Gasteiger charge is 2.30. The lowest BCUT2D eigenvalue weighted by Crippen LogP contribution is -2.30. The van der Waals surface area contributed by atoms with Gasteiger partial charge in [-0.2, -0.15) is 0 Å². The van der Waals surface area contributed by atoms with Crippen molar-refractivity contribution in [2.45, 2.75) is 432 Å². The summed E-state index contributed by atoms with van der Waals surface area (Å²) in [5, 5.41) is 10.6. The third-order valence-corrected chi connectivity index (χ3v) is 20.7. The monoisotopic (exact) mass is 1440 g/mol. The maximum absolute atomic E-state index is 13.1. The summed E-state index contributed by atoms with van der Waals surface area (Å²) in [6.07, 6.45) is 59.5. The first-order valence-corrected chi connectivity index (χ1v) is 44.0. The number of phosphoric acid groups is 2. The maximum atomic E-state index is 13.1. The number of aliphatic hydroxyl groups excluding tert-OH is 1. The highest BCUT2D eigenvalue weighted by molar-refractivity contribution is 7.47. The molecule has 0 aromatic rings. The van der Waals surface area contributed by atoms with Crippen molar-refractivity contribution in [2.75, 3.05) is 39.6 Å². The third-order valence-electron chi connectivity index (χ3n) is 18.8. The van der Waals surface area contributed by atoms with Crippen LogP contribution in [0.5, 0.6) is 0 Å². The van der Waals surface area contributed by atoms with Crippen LogP contribution in [0.1, 0.15) is 414 Å². The van der Waals surface area contributed by atoms with Crippen molar-refractivity contribution < 1.29 is 80.2 Å². The predicted molar refractivity (Wildman–Crippen MR) is 400 cm³/mol. The van der Waals surface area contributed by atoms with E-state index in [4.69, 9.17) is 37.0 Å². The summed E-state index contributed by atoms with van der Waals surface area (Å²) in [4.78, 5) is 73.0. The molecule has 6 atom stereocenters. The number of phosphoric ester groups is 2. The van der Waals surface area contributed by atoms with Crippen LogP contribution >= 0.6 is 15.6 Å². The van der Waals surface area contributed by atoms with Crippen LogP contribution in [0.3, 0.4) is 0 Å². The van der Waals surface area contributed by atoms with Gasteiger partial charge in [0, 0.05) is 25.7 Å². The van der Waals surface area contributed by atoms with Gasteiger partial charge in [0.25, 0.3) is 0 Å². The molecule has 0 aromatic carbocycles. The molecule has 0 amide bonds. The molecule has 0 bridgehead atoms. The molecule has 0 fully saturated rings. The van der Waals surface area contributed by atoms with E-state index in [1.807, 2.05) is 0 Å². The van der Waals surface area contributed by atoms with Crippen LogP contribution in [0.15, 0.2) is 0 Å². The van der Waals surface area contributed by atoms with E-state index in [2.05, 4.69) is 41.5 Å². The van der Waals surface area contributed by atoms with Crippen molar-refractivity contribution in [1.82, 2.24) is 0 Å². The van der Waals surface area contributed by atoms with Crippen LogP contribution in [-0.4, -0.2) is 96.7 Å². The lowest BCUT2D eigenvalue weighted by molar-refractivity contribution is -0.161. The molecule has 0 aromatic heterocycles. The quantitative estimate of drug-likeness (QED) is 0.0222. The van der Waals surface area contributed by atoms with E-state index in [9.17, 15) is 43.2 Å². The van der Waals surface area contributed by atoms with Gasteiger partial charge in [-0.3, -0.25) is 37.3 Å². The molecule has 0 aliphatic heterocycles. The van der Waals surface area contributed by atoms with Crippen molar-refractivity contribution in [3.05, 3.63) is 0 Å². The largest absolute Gasteiger partial charge is 0.472 e. The standard InChI is InChI=1S/C79H154O17P2/c1-7-10-12-14-16-18-20-22-23-24-25-26-27-29-33-38-46-52-58-64-79(84)95-74(67-89-76(81)61-55-49-43-36-34-30-31-35-41-47-53-59-71(4)5)69-93-97(85,86)91-65-73(80)66-92-98(87,88)94-70-75(68-90-77(82)62-56-50-44-40-39-42-48-54-60-72(6)9-3)96-78(83)63-57-51-45-37-32-28-21-19-17-15-13-11-8-2/h71-75,80H,7-70H2,1-6H3,(H,85,86)(H,87,88)/t72?,73-,74-,75-/m1/s1. The summed E-state index contributed by atoms with van der Waals surface area (Å²) in [7, 11) is -9.92. The Labute approximate surface area is 600 Å². The molecule has 98 heavy (non-hydrogen) atoms. The van der Waals surface area contributed by atoms with Crippen molar-refractivity contribution in [2.24, 2.45) is 11.8 Å². The van der Waals surface area contributed by atoms with Crippen molar-refractivity contribution in [3.8, 4) is 0 Å². The average Bonchev–Trinajstić information content (AvgIpc) is 1.04. The number of ether oxygens (including phenoxy) is 4. The van der Waals surface area contributed by atoms with Gasteiger partial charge in [0.1, 0.15) is 19.3 Å². The topological polar surface area (TPSA) is 237 Å². The number of carbonyl (C=O) groups excluding carboxylic acids is 4. The number of rotatable bonds is 78. The zero-order valence-electron chi connectivity index (χ0n) is 64.1. The van der Waals surface area contributed by atoms with E-state index < -0.39 is 97.5 Å². The molecule has 19 heteroatoms. The molecule has 0 saturated carbocycles.